The minimum atomic E-state index is -0.483. The first-order valence-corrected chi connectivity index (χ1v) is 37.3. The summed E-state index contributed by atoms with van der Waals surface area (Å²) in [6.45, 7) is 12.2. The highest BCUT2D eigenvalue weighted by Gasteiger charge is 2.52. The smallest absolute Gasteiger partial charge is 0.315 e. The molecule has 602 valence electrons. The van der Waals surface area contributed by atoms with Gasteiger partial charge in [0.15, 0.2) is 0 Å². The Morgan fingerprint density at radius 2 is 0.736 bits per heavy atom. The van der Waals surface area contributed by atoms with Crippen LogP contribution in [-0.4, -0.2) is 346 Å². The number of urea groups is 5. The van der Waals surface area contributed by atoms with E-state index >= 15 is 0 Å². The molecule has 0 unspecified atom stereocenters. The van der Waals surface area contributed by atoms with Gasteiger partial charge in [-0.25, -0.2) is 51.4 Å². The van der Waals surface area contributed by atoms with E-state index in [2.05, 4.69) is 68.9 Å². The third kappa shape index (κ3) is 20.7. The topological polar surface area (TPSA) is 386 Å². The maximum atomic E-state index is 12.3. The van der Waals surface area contributed by atoms with Gasteiger partial charge in [0.05, 0.1) is 98.8 Å². The SMILES string of the molecule is C.CCCCCONC(=O)[C@@H]1CC[C@@H]2CN1C(=O)N2OC.CN[C@H](C)CONC(=O)[C@@H]1CC[C@@H]2CN1C(=O)N2OC.CON1C(=O)N2C[C@H]1CC[C@H]2C(=O)NOC[C@@H]1CCCCN1C.CON1C(=O)N2C[C@H]1CC[C@H]2C(=O)NOC[C@@H]1CCN1.CON1C(=O)N2C[C@H]1CC[C@H]2C(=O)NOC[C@H]1CCCN1C. The van der Waals surface area contributed by atoms with Crippen LogP contribution in [0.25, 0.3) is 0 Å². The van der Waals surface area contributed by atoms with Gasteiger partial charge in [-0.1, -0.05) is 33.6 Å². The Balaban J connectivity index is 0.000000167. The maximum absolute atomic E-state index is 12.3. The van der Waals surface area contributed by atoms with Crippen molar-refractivity contribution < 1.29 is 96.3 Å². The number of rotatable bonds is 28. The van der Waals surface area contributed by atoms with Crippen LogP contribution in [0.3, 0.4) is 0 Å². The average molecular weight is 1510 g/mol. The molecule has 106 heavy (non-hydrogen) atoms. The van der Waals surface area contributed by atoms with E-state index in [0.29, 0.717) is 116 Å². The van der Waals surface area contributed by atoms with Crippen molar-refractivity contribution in [3.63, 3.8) is 0 Å². The fourth-order valence-corrected chi connectivity index (χ4v) is 15.6. The molecule has 13 heterocycles. The molecule has 15 amide bonds. The summed E-state index contributed by atoms with van der Waals surface area (Å²) in [6.07, 6.45) is 16.9. The second kappa shape index (κ2) is 41.1. The van der Waals surface area contributed by atoms with Gasteiger partial charge < -0.3 is 44.9 Å². The zero-order valence-corrected chi connectivity index (χ0v) is 62.7. The van der Waals surface area contributed by atoms with E-state index in [4.69, 9.17) is 48.4 Å². The molecule has 39 nitrogen and oxygen atoms in total. The van der Waals surface area contributed by atoms with Crippen LogP contribution in [0.5, 0.6) is 0 Å². The van der Waals surface area contributed by atoms with E-state index in [-0.39, 0.29) is 103 Å². The van der Waals surface area contributed by atoms with Crippen molar-refractivity contribution in [1.82, 2.24) is 97.6 Å². The zero-order chi connectivity index (χ0) is 75.4. The first-order valence-electron chi connectivity index (χ1n) is 37.3. The van der Waals surface area contributed by atoms with Gasteiger partial charge in [-0.15, -0.1) is 0 Å². The molecule has 13 rings (SSSR count). The average Bonchev–Trinajstić information content (AvgIpc) is 1.67. The summed E-state index contributed by atoms with van der Waals surface area (Å²) < 4.78 is 0. The summed E-state index contributed by atoms with van der Waals surface area (Å²) in [4.78, 5) is 185. The van der Waals surface area contributed by atoms with Crippen LogP contribution >= 0.6 is 0 Å². The molecule has 14 atom stereocenters. The number of nitrogens with zero attached hydrogens (tertiary/aromatic N) is 12. The quantitative estimate of drug-likeness (QED) is 0.0419. The Morgan fingerprint density at radius 1 is 0.425 bits per heavy atom. The van der Waals surface area contributed by atoms with Crippen molar-refractivity contribution in [3.8, 4) is 0 Å². The molecule has 13 saturated heterocycles. The fraction of sp³-hybridized carbons (Fsp3) is 0.851. The number of carbonyl (C=O) groups is 10. The third-order valence-corrected chi connectivity index (χ3v) is 22.0. The van der Waals surface area contributed by atoms with E-state index in [1.54, 1.807) is 19.6 Å². The largest absolute Gasteiger partial charge is 0.345 e. The maximum Gasteiger partial charge on any atom is 0.345 e. The number of hydrogen-bond donors (Lipinski definition) is 7. The fourth-order valence-electron chi connectivity index (χ4n) is 15.6. The van der Waals surface area contributed by atoms with Crippen LogP contribution < -0.4 is 38.0 Å². The summed E-state index contributed by atoms with van der Waals surface area (Å²) in [5.41, 5.74) is 12.4. The normalized spacial score (nSPS) is 29.4. The molecule has 0 aromatic heterocycles. The highest BCUT2D eigenvalue weighted by Crippen LogP contribution is 2.35. The lowest BCUT2D eigenvalue weighted by atomic mass is 10.0. The lowest BCUT2D eigenvalue weighted by molar-refractivity contribution is -0.141. The Morgan fingerprint density at radius 3 is 1.03 bits per heavy atom. The number of carbonyl (C=O) groups excluding carboxylic acids is 10. The van der Waals surface area contributed by atoms with E-state index in [0.717, 1.165) is 96.7 Å². The lowest BCUT2D eigenvalue weighted by Gasteiger charge is -2.32. The molecule has 7 N–H and O–H groups in total. The molecule has 0 saturated carbocycles. The highest BCUT2D eigenvalue weighted by molar-refractivity contribution is 5.91. The number of piperidine rings is 6. The van der Waals surface area contributed by atoms with Crippen LogP contribution in [-0.2, 0) is 72.3 Å². The summed E-state index contributed by atoms with van der Waals surface area (Å²) in [6, 6.07) is -2.12. The van der Waals surface area contributed by atoms with Crippen molar-refractivity contribution in [2.45, 2.75) is 228 Å². The number of amides is 15. The minimum absolute atomic E-state index is 0. The van der Waals surface area contributed by atoms with Crippen LogP contribution in [0.1, 0.15) is 143 Å². The highest BCUT2D eigenvalue weighted by atomic mass is 16.7. The summed E-state index contributed by atoms with van der Waals surface area (Å²) in [5, 5.41) is 13.0. The van der Waals surface area contributed by atoms with E-state index < -0.39 is 30.2 Å². The van der Waals surface area contributed by atoms with Crippen LogP contribution in [0.2, 0.25) is 0 Å². The Labute approximate surface area is 621 Å². The molecule has 0 radical (unpaired) electrons. The molecule has 13 aliphatic heterocycles. The molecule has 13 fully saturated rings. The Bertz CT molecular complexity index is 2850. The van der Waals surface area contributed by atoms with Crippen LogP contribution in [0, 0.1) is 0 Å². The lowest BCUT2D eigenvalue weighted by Crippen LogP contribution is -2.51. The summed E-state index contributed by atoms with van der Waals surface area (Å²) in [7, 11) is 13.4. The number of nitrogens with one attached hydrogen (secondary N) is 7. The van der Waals surface area contributed by atoms with Crippen molar-refractivity contribution in [1.29, 1.82) is 0 Å². The standard InChI is InChI=1S/C15H26N4O4.C14H24N4O4.C13H23N3O4.C12H20N4O4.C12H22N4O4.CH4/c1-17-8-4-3-5-12(17)10-23-16-14(20)13-7-6-11-9-18(13)15(21)19(11)22-2;1-16-7-3-4-11(16)9-22-15-13(19)12-6-5-10-8-17(12)14(20)18(10)21-2;1-3-4-5-8-20-14-12(17)11-7-6-10-9-15(11)13(18)16(10)19-2;1-19-16-9-2-3-10(15(6-9)12(16)18)11(17)14-20-7-8-4-5-13-8;1-8(13-2)7-20-14-11(17)10-5-4-9-6-15(10)12(18)16(9)19-3;/h11-13H,3-10H2,1-2H3,(H,16,20);10-12H,3-9H2,1-2H3,(H,15,19);10-11H,3-9H2,1-2H3,(H,14,17);8-10,13H,2-7H2,1H3,(H,14,17);8-10,13H,4-7H2,1-3H3,(H,14,17);1H4/t11-,12+,13+;10-,11-,12+;10-,11+;8-,9+,10-;8-,9-,10+;/m11101./s1. The molecule has 10 bridgehead atoms. The second-order valence-electron chi connectivity index (χ2n) is 28.6. The molecule has 0 aromatic carbocycles. The zero-order valence-electron chi connectivity index (χ0n) is 62.7. The minimum Gasteiger partial charge on any atom is -0.315 e. The van der Waals surface area contributed by atoms with Crippen molar-refractivity contribution >= 4 is 59.7 Å². The monoisotopic (exact) mass is 1510 g/mol. The van der Waals surface area contributed by atoms with Crippen molar-refractivity contribution in [2.24, 2.45) is 0 Å². The third-order valence-electron chi connectivity index (χ3n) is 22.0. The van der Waals surface area contributed by atoms with Gasteiger partial charge in [0.2, 0.25) is 0 Å². The first-order chi connectivity index (χ1) is 50.7. The van der Waals surface area contributed by atoms with Gasteiger partial charge in [0, 0.05) is 56.9 Å². The number of likely N-dealkylation sites (N-methyl/N-ethyl adjacent to an activating group) is 3. The van der Waals surface area contributed by atoms with E-state index in [9.17, 15) is 47.9 Å². The van der Waals surface area contributed by atoms with Crippen molar-refractivity contribution in [2.75, 3.05) is 142 Å². The second-order valence-corrected chi connectivity index (χ2v) is 28.6. The van der Waals surface area contributed by atoms with Gasteiger partial charge >= 0.3 is 30.2 Å². The number of likely N-dealkylation sites (tertiary alicyclic amines) is 2. The predicted molar refractivity (Wildman–Crippen MR) is 376 cm³/mol. The summed E-state index contributed by atoms with van der Waals surface area (Å²) >= 11 is 0. The van der Waals surface area contributed by atoms with Gasteiger partial charge in [-0.3, -0.25) is 72.3 Å². The molecule has 13 aliphatic rings. The predicted octanol–water partition coefficient (Wildman–Crippen LogP) is 0.696. The van der Waals surface area contributed by atoms with Gasteiger partial charge in [-0.2, -0.15) is 25.3 Å². The number of unbranched alkanes of at least 4 members (excludes halogenated alkanes) is 2. The molecule has 39 heteroatoms. The summed E-state index contributed by atoms with van der Waals surface area (Å²) in [5.74, 6) is -1.27. The molecule has 0 aliphatic carbocycles. The van der Waals surface area contributed by atoms with Gasteiger partial charge in [0.1, 0.15) is 30.2 Å². The molecular formula is C67H119N19O20. The molecule has 0 aromatic rings. The Kier molecular flexibility index (Phi) is 32.8. The van der Waals surface area contributed by atoms with Gasteiger partial charge in [0.25, 0.3) is 29.5 Å². The molecular weight excluding hydrogens is 1390 g/mol. The van der Waals surface area contributed by atoms with E-state index in [1.807, 2.05) is 14.0 Å². The Hall–Kier alpha value is -6.86. The number of hydroxylamine groups is 15. The number of hydrogen-bond acceptors (Lipinski definition) is 24. The first kappa shape index (κ1) is 84.8. The van der Waals surface area contributed by atoms with E-state index in [1.165, 1.54) is 78.6 Å². The van der Waals surface area contributed by atoms with Gasteiger partial charge in [-0.05, 0) is 150 Å². The van der Waals surface area contributed by atoms with Crippen LogP contribution in [0.15, 0.2) is 0 Å². The number of fused-ring (bicyclic) bond motifs is 10. The van der Waals surface area contributed by atoms with Crippen LogP contribution in [0.4, 0.5) is 24.0 Å². The molecule has 0 spiro atoms. The van der Waals surface area contributed by atoms with Crippen molar-refractivity contribution in [3.05, 3.63) is 0 Å².